The van der Waals surface area contributed by atoms with Gasteiger partial charge in [-0.15, -0.1) is 0 Å². The summed E-state index contributed by atoms with van der Waals surface area (Å²) in [6.07, 6.45) is 0.875. The fourth-order valence-electron chi connectivity index (χ4n) is 1.80. The van der Waals surface area contributed by atoms with Gasteiger partial charge in [-0.2, -0.15) is 0 Å². The van der Waals surface area contributed by atoms with Crippen molar-refractivity contribution in [1.29, 1.82) is 0 Å². The van der Waals surface area contributed by atoms with Crippen LogP contribution in [-0.4, -0.2) is 51.8 Å². The van der Waals surface area contributed by atoms with Crippen LogP contribution in [0.4, 0.5) is 0 Å². The van der Waals surface area contributed by atoms with E-state index in [-0.39, 0.29) is 5.91 Å². The molecule has 23 heavy (non-hydrogen) atoms. The van der Waals surface area contributed by atoms with Gasteiger partial charge in [0.15, 0.2) is 5.96 Å². The summed E-state index contributed by atoms with van der Waals surface area (Å²) in [5, 5.41) is 9.79. The summed E-state index contributed by atoms with van der Waals surface area (Å²) in [7, 11) is 1.68. The first-order valence-corrected chi connectivity index (χ1v) is 8.10. The van der Waals surface area contributed by atoms with Crippen LogP contribution in [0, 0.1) is 0 Å². The Hall–Kier alpha value is -1.79. The second kappa shape index (κ2) is 11.7. The standard InChI is InChI=1S/C16H25ClN4O2/c1-3-18-16(20-9-4-12-23-2)21-11-10-19-15(22)13-5-7-14(17)8-6-13/h5-8H,3-4,9-12H2,1-2H3,(H,19,22)(H2,18,20,21). The van der Waals surface area contributed by atoms with Gasteiger partial charge in [-0.3, -0.25) is 9.79 Å². The van der Waals surface area contributed by atoms with Crippen molar-refractivity contribution in [3.8, 4) is 0 Å². The second-order valence-electron chi connectivity index (χ2n) is 4.80. The number of aliphatic imine (C=N–C) groups is 1. The van der Waals surface area contributed by atoms with Gasteiger partial charge in [-0.25, -0.2) is 0 Å². The molecule has 0 spiro atoms. The van der Waals surface area contributed by atoms with Crippen LogP contribution in [0.5, 0.6) is 0 Å². The molecule has 128 valence electrons. The highest BCUT2D eigenvalue weighted by Crippen LogP contribution is 2.08. The van der Waals surface area contributed by atoms with E-state index in [1.165, 1.54) is 0 Å². The molecular weight excluding hydrogens is 316 g/mol. The maximum absolute atomic E-state index is 11.9. The van der Waals surface area contributed by atoms with Crippen molar-refractivity contribution >= 4 is 23.5 Å². The highest BCUT2D eigenvalue weighted by atomic mass is 35.5. The number of amides is 1. The van der Waals surface area contributed by atoms with Gasteiger partial charge < -0.3 is 20.7 Å². The molecule has 0 aromatic heterocycles. The molecule has 0 aliphatic carbocycles. The van der Waals surface area contributed by atoms with Gasteiger partial charge in [-0.05, 0) is 37.6 Å². The van der Waals surface area contributed by atoms with Crippen molar-refractivity contribution in [2.24, 2.45) is 4.99 Å². The molecule has 1 aromatic rings. The molecule has 0 aliphatic rings. The van der Waals surface area contributed by atoms with Crippen molar-refractivity contribution in [1.82, 2.24) is 16.0 Å². The summed E-state index contributed by atoms with van der Waals surface area (Å²) >= 11 is 5.80. The minimum atomic E-state index is -0.120. The average molecular weight is 341 g/mol. The molecule has 7 heteroatoms. The van der Waals surface area contributed by atoms with E-state index in [9.17, 15) is 4.79 Å². The first-order chi connectivity index (χ1) is 11.2. The molecule has 0 bridgehead atoms. The minimum absolute atomic E-state index is 0.120. The second-order valence-corrected chi connectivity index (χ2v) is 5.23. The lowest BCUT2D eigenvalue weighted by Gasteiger charge is -2.12. The zero-order valence-corrected chi connectivity index (χ0v) is 14.4. The van der Waals surface area contributed by atoms with E-state index in [0.29, 0.717) is 36.8 Å². The summed E-state index contributed by atoms with van der Waals surface area (Å²) in [4.78, 5) is 16.4. The highest BCUT2D eigenvalue weighted by Gasteiger charge is 2.04. The molecule has 6 nitrogen and oxygen atoms in total. The van der Waals surface area contributed by atoms with Crippen molar-refractivity contribution in [2.75, 3.05) is 39.9 Å². The van der Waals surface area contributed by atoms with Gasteiger partial charge in [0.25, 0.3) is 5.91 Å². The summed E-state index contributed by atoms with van der Waals surface area (Å²) in [6, 6.07) is 6.80. The number of hydrogen-bond acceptors (Lipinski definition) is 3. The third-order valence-electron chi connectivity index (χ3n) is 2.93. The van der Waals surface area contributed by atoms with Crippen LogP contribution in [0.15, 0.2) is 29.3 Å². The number of nitrogens with zero attached hydrogens (tertiary/aromatic N) is 1. The van der Waals surface area contributed by atoms with Crippen molar-refractivity contribution in [2.45, 2.75) is 13.3 Å². The fraction of sp³-hybridized carbons (Fsp3) is 0.500. The SMILES string of the molecule is CCNC(=NCCCOC)NCCNC(=O)c1ccc(Cl)cc1. The number of guanidine groups is 1. The number of hydrogen-bond donors (Lipinski definition) is 3. The maximum atomic E-state index is 11.9. The normalized spacial score (nSPS) is 11.2. The van der Waals surface area contributed by atoms with Gasteiger partial charge in [0.05, 0.1) is 0 Å². The summed E-state index contributed by atoms with van der Waals surface area (Å²) in [5.74, 6) is 0.620. The molecule has 0 unspecified atom stereocenters. The van der Waals surface area contributed by atoms with E-state index in [1.807, 2.05) is 6.92 Å². The monoisotopic (exact) mass is 340 g/mol. The lowest BCUT2D eigenvalue weighted by molar-refractivity contribution is 0.0954. The molecular formula is C16H25ClN4O2. The first-order valence-electron chi connectivity index (χ1n) is 7.72. The van der Waals surface area contributed by atoms with E-state index in [2.05, 4.69) is 20.9 Å². The molecule has 1 amide bonds. The third-order valence-corrected chi connectivity index (χ3v) is 3.18. The Morgan fingerprint density at radius 1 is 1.17 bits per heavy atom. The largest absolute Gasteiger partial charge is 0.385 e. The molecule has 1 aromatic carbocycles. The molecule has 3 N–H and O–H groups in total. The molecule has 0 aliphatic heterocycles. The van der Waals surface area contributed by atoms with Gasteiger partial charge in [0.1, 0.15) is 0 Å². The fourth-order valence-corrected chi connectivity index (χ4v) is 1.93. The van der Waals surface area contributed by atoms with Crippen LogP contribution < -0.4 is 16.0 Å². The molecule has 0 saturated carbocycles. The average Bonchev–Trinajstić information content (AvgIpc) is 2.55. The molecule has 0 heterocycles. The Labute approximate surface area is 142 Å². The van der Waals surface area contributed by atoms with E-state index in [1.54, 1.807) is 31.4 Å². The van der Waals surface area contributed by atoms with E-state index in [4.69, 9.17) is 16.3 Å². The Morgan fingerprint density at radius 2 is 1.87 bits per heavy atom. The van der Waals surface area contributed by atoms with E-state index in [0.717, 1.165) is 18.9 Å². The lowest BCUT2D eigenvalue weighted by atomic mass is 10.2. The summed E-state index contributed by atoms with van der Waals surface area (Å²) < 4.78 is 4.99. The predicted octanol–water partition coefficient (Wildman–Crippen LogP) is 1.66. The predicted molar refractivity (Wildman–Crippen MR) is 94.3 cm³/mol. The Balaban J connectivity index is 2.29. The molecule has 0 radical (unpaired) electrons. The number of methoxy groups -OCH3 is 1. The topological polar surface area (TPSA) is 74.8 Å². The van der Waals surface area contributed by atoms with E-state index >= 15 is 0 Å². The quantitative estimate of drug-likeness (QED) is 0.363. The number of benzene rings is 1. The minimum Gasteiger partial charge on any atom is -0.385 e. The smallest absolute Gasteiger partial charge is 0.251 e. The molecule has 0 atom stereocenters. The number of rotatable bonds is 9. The number of carbonyl (C=O) groups excluding carboxylic acids is 1. The Morgan fingerprint density at radius 3 is 2.52 bits per heavy atom. The lowest BCUT2D eigenvalue weighted by Crippen LogP contribution is -2.41. The first kappa shape index (κ1) is 19.3. The Kier molecular flexibility index (Phi) is 9.83. The van der Waals surface area contributed by atoms with Gasteiger partial charge >= 0.3 is 0 Å². The number of halogens is 1. The van der Waals surface area contributed by atoms with Crippen LogP contribution in [0.25, 0.3) is 0 Å². The van der Waals surface area contributed by atoms with Crippen molar-refractivity contribution in [3.63, 3.8) is 0 Å². The van der Waals surface area contributed by atoms with E-state index < -0.39 is 0 Å². The van der Waals surface area contributed by atoms with Crippen LogP contribution in [0.2, 0.25) is 5.02 Å². The Bertz CT molecular complexity index is 491. The number of ether oxygens (including phenoxy) is 1. The zero-order valence-electron chi connectivity index (χ0n) is 13.7. The maximum Gasteiger partial charge on any atom is 0.251 e. The number of carbonyl (C=O) groups is 1. The van der Waals surface area contributed by atoms with Crippen molar-refractivity contribution < 1.29 is 9.53 Å². The van der Waals surface area contributed by atoms with Crippen LogP contribution in [0.3, 0.4) is 0 Å². The van der Waals surface area contributed by atoms with Gasteiger partial charge in [-0.1, -0.05) is 11.6 Å². The van der Waals surface area contributed by atoms with Crippen LogP contribution in [-0.2, 0) is 4.74 Å². The summed E-state index contributed by atoms with van der Waals surface area (Å²) in [6.45, 7) is 5.28. The van der Waals surface area contributed by atoms with Crippen LogP contribution >= 0.6 is 11.6 Å². The van der Waals surface area contributed by atoms with Crippen molar-refractivity contribution in [3.05, 3.63) is 34.9 Å². The highest BCUT2D eigenvalue weighted by molar-refractivity contribution is 6.30. The molecule has 0 fully saturated rings. The summed E-state index contributed by atoms with van der Waals surface area (Å²) in [5.41, 5.74) is 0.592. The van der Waals surface area contributed by atoms with Gasteiger partial charge in [0.2, 0.25) is 0 Å². The van der Waals surface area contributed by atoms with Crippen LogP contribution in [0.1, 0.15) is 23.7 Å². The van der Waals surface area contributed by atoms with Gasteiger partial charge in [0, 0.05) is 50.5 Å². The molecule has 0 saturated heterocycles. The molecule has 1 rings (SSSR count). The third kappa shape index (κ3) is 8.42. The number of nitrogens with one attached hydrogen (secondary N) is 3. The zero-order chi connectivity index (χ0) is 16.9.